The topological polar surface area (TPSA) is 81.6 Å². The predicted octanol–water partition coefficient (Wildman–Crippen LogP) is 2.90. The first-order chi connectivity index (χ1) is 15.0. The van der Waals surface area contributed by atoms with Crippen LogP contribution in [0.25, 0.3) is 0 Å². The molecule has 1 aromatic heterocycles. The van der Waals surface area contributed by atoms with Crippen molar-refractivity contribution in [2.45, 2.75) is 19.1 Å². The van der Waals surface area contributed by atoms with Gasteiger partial charge < -0.3 is 14.4 Å². The fourth-order valence-electron chi connectivity index (χ4n) is 3.37. The summed E-state index contributed by atoms with van der Waals surface area (Å²) in [6.45, 7) is 0.750. The number of aromatic nitrogens is 2. The Morgan fingerprint density at radius 3 is 2.45 bits per heavy atom. The highest BCUT2D eigenvalue weighted by Gasteiger charge is 2.40. The molecule has 1 aliphatic rings. The highest BCUT2D eigenvalue weighted by Crippen LogP contribution is 2.27. The molecule has 1 amide bonds. The number of amides is 1. The number of nitrogens with zero attached hydrogens (tertiary/aromatic N) is 3. The maximum Gasteiger partial charge on any atom is 0.291 e. The summed E-state index contributed by atoms with van der Waals surface area (Å²) in [5.74, 6) is -1.04. The summed E-state index contributed by atoms with van der Waals surface area (Å²) in [7, 11) is 1.58. The molecule has 3 aromatic rings. The normalized spacial score (nSPS) is 15.9. The average molecular weight is 421 g/mol. The third-order valence-electron chi connectivity index (χ3n) is 5.07. The van der Waals surface area contributed by atoms with Gasteiger partial charge in [-0.3, -0.25) is 9.59 Å². The Morgan fingerprint density at radius 2 is 1.74 bits per heavy atom. The van der Waals surface area contributed by atoms with Crippen LogP contribution in [0, 0.1) is 5.82 Å². The van der Waals surface area contributed by atoms with Crippen molar-refractivity contribution in [3.8, 4) is 11.6 Å². The lowest BCUT2D eigenvalue weighted by Crippen LogP contribution is -2.26. The van der Waals surface area contributed by atoms with Gasteiger partial charge in [0.05, 0.1) is 18.7 Å². The number of benzene rings is 2. The number of methoxy groups -OCH3 is 1. The van der Waals surface area contributed by atoms with Crippen molar-refractivity contribution in [2.75, 3.05) is 13.7 Å². The van der Waals surface area contributed by atoms with E-state index >= 15 is 0 Å². The van der Waals surface area contributed by atoms with Crippen LogP contribution in [0.4, 0.5) is 4.39 Å². The van der Waals surface area contributed by atoms with Crippen LogP contribution in [0.2, 0.25) is 0 Å². The van der Waals surface area contributed by atoms with Crippen LogP contribution >= 0.6 is 0 Å². The number of halogens is 1. The monoisotopic (exact) mass is 421 g/mol. The van der Waals surface area contributed by atoms with Crippen LogP contribution in [0.15, 0.2) is 60.9 Å². The highest BCUT2D eigenvalue weighted by atomic mass is 19.1. The largest absolute Gasteiger partial charge is 0.497 e. The van der Waals surface area contributed by atoms with Gasteiger partial charge in [-0.1, -0.05) is 24.3 Å². The molecule has 7 nitrogen and oxygen atoms in total. The van der Waals surface area contributed by atoms with E-state index in [-0.39, 0.29) is 24.8 Å². The molecule has 0 spiro atoms. The Labute approximate surface area is 178 Å². The third-order valence-corrected chi connectivity index (χ3v) is 5.07. The number of hydrogen-bond acceptors (Lipinski definition) is 6. The van der Waals surface area contributed by atoms with Gasteiger partial charge in [-0.25, -0.2) is 14.4 Å². The molecular formula is C23H20FN3O4. The van der Waals surface area contributed by atoms with Crippen molar-refractivity contribution in [1.29, 1.82) is 0 Å². The van der Waals surface area contributed by atoms with Crippen LogP contribution in [0.5, 0.6) is 11.6 Å². The molecule has 1 saturated heterocycles. The lowest BCUT2D eigenvalue weighted by atomic mass is 10.0. The average Bonchev–Trinajstić information content (AvgIpc) is 3.08. The fraction of sp³-hybridized carbons (Fsp3) is 0.217. The zero-order valence-electron chi connectivity index (χ0n) is 16.8. The molecule has 0 saturated carbocycles. The van der Waals surface area contributed by atoms with Crippen molar-refractivity contribution >= 4 is 11.7 Å². The fourth-order valence-corrected chi connectivity index (χ4v) is 3.37. The number of ether oxygens (including phenoxy) is 2. The zero-order chi connectivity index (χ0) is 21.8. The number of carbonyl (C=O) groups excluding carboxylic acids is 2. The Hall–Kier alpha value is -3.81. The summed E-state index contributed by atoms with van der Waals surface area (Å²) < 4.78 is 23.8. The number of carbonyl (C=O) groups is 2. The lowest BCUT2D eigenvalue weighted by Gasteiger charge is -2.16. The standard InChI is InChI=1S/C23H20FN3O4/c1-30-18-8-4-15(5-9-18)11-27-12-19(22(28)23(27)29)20-10-21(26-14-25-20)31-13-16-2-6-17(24)7-3-16/h2-10,14,19H,11-13H2,1H3. The molecule has 1 fully saturated rings. The summed E-state index contributed by atoms with van der Waals surface area (Å²) in [4.78, 5) is 34.8. The van der Waals surface area contributed by atoms with E-state index in [1.54, 1.807) is 25.3 Å². The van der Waals surface area contributed by atoms with Crippen molar-refractivity contribution in [3.05, 3.63) is 83.6 Å². The van der Waals surface area contributed by atoms with Gasteiger partial charge in [0.15, 0.2) is 0 Å². The van der Waals surface area contributed by atoms with E-state index in [2.05, 4.69) is 9.97 Å². The molecule has 0 N–H and O–H groups in total. The van der Waals surface area contributed by atoms with E-state index in [1.807, 2.05) is 24.3 Å². The molecule has 1 atom stereocenters. The minimum atomic E-state index is -0.679. The van der Waals surface area contributed by atoms with Crippen molar-refractivity contribution in [3.63, 3.8) is 0 Å². The second kappa shape index (κ2) is 8.91. The smallest absolute Gasteiger partial charge is 0.291 e. The number of likely N-dealkylation sites (tertiary alicyclic amines) is 1. The van der Waals surface area contributed by atoms with Crippen molar-refractivity contribution < 1.29 is 23.5 Å². The van der Waals surface area contributed by atoms with E-state index in [0.717, 1.165) is 16.9 Å². The van der Waals surface area contributed by atoms with Crippen LogP contribution < -0.4 is 9.47 Å². The highest BCUT2D eigenvalue weighted by molar-refractivity contribution is 6.40. The van der Waals surface area contributed by atoms with Gasteiger partial charge in [-0.05, 0) is 35.4 Å². The summed E-state index contributed by atoms with van der Waals surface area (Å²) in [5.41, 5.74) is 2.10. The van der Waals surface area contributed by atoms with Crippen LogP contribution in [0.1, 0.15) is 22.7 Å². The van der Waals surface area contributed by atoms with Gasteiger partial charge in [0.25, 0.3) is 5.91 Å². The van der Waals surface area contributed by atoms with Gasteiger partial charge >= 0.3 is 0 Å². The van der Waals surface area contributed by atoms with Gasteiger partial charge in [0, 0.05) is 19.2 Å². The van der Waals surface area contributed by atoms with Gasteiger partial charge in [-0.15, -0.1) is 0 Å². The maximum atomic E-state index is 13.0. The predicted molar refractivity (Wildman–Crippen MR) is 109 cm³/mol. The molecule has 1 aliphatic heterocycles. The van der Waals surface area contributed by atoms with E-state index in [1.165, 1.54) is 23.4 Å². The number of hydrogen-bond donors (Lipinski definition) is 0. The molecule has 0 bridgehead atoms. The molecule has 2 heterocycles. The Balaban J connectivity index is 1.43. The minimum Gasteiger partial charge on any atom is -0.497 e. The first-order valence-corrected chi connectivity index (χ1v) is 9.68. The third kappa shape index (κ3) is 4.69. The van der Waals surface area contributed by atoms with Crippen molar-refractivity contribution in [2.24, 2.45) is 0 Å². The molecule has 0 radical (unpaired) electrons. The van der Waals surface area contributed by atoms with E-state index in [4.69, 9.17) is 9.47 Å². The summed E-state index contributed by atoms with van der Waals surface area (Å²) in [6.07, 6.45) is 1.30. The maximum absolute atomic E-state index is 13.0. The molecular weight excluding hydrogens is 401 g/mol. The second-order valence-electron chi connectivity index (χ2n) is 7.15. The van der Waals surface area contributed by atoms with Gasteiger partial charge in [0.1, 0.15) is 24.5 Å². The SMILES string of the molecule is COc1ccc(CN2CC(c3cc(OCc4ccc(F)cc4)ncn3)C(=O)C2=O)cc1. The number of Topliss-reactive ketones (excluding diaryl/α,β-unsaturated/α-hetero) is 1. The summed E-state index contributed by atoms with van der Waals surface area (Å²) in [6, 6.07) is 14.8. The van der Waals surface area contributed by atoms with Crippen molar-refractivity contribution in [1.82, 2.24) is 14.9 Å². The molecule has 0 aliphatic carbocycles. The Bertz CT molecular complexity index is 1090. The minimum absolute atomic E-state index is 0.192. The first kappa shape index (κ1) is 20.5. The first-order valence-electron chi connectivity index (χ1n) is 9.68. The molecule has 2 aromatic carbocycles. The van der Waals surface area contributed by atoms with E-state index in [9.17, 15) is 14.0 Å². The van der Waals surface area contributed by atoms with Crippen LogP contribution in [-0.4, -0.2) is 40.2 Å². The molecule has 4 rings (SSSR count). The molecule has 8 heteroatoms. The number of ketones is 1. The molecule has 31 heavy (non-hydrogen) atoms. The Morgan fingerprint density at radius 1 is 1.03 bits per heavy atom. The van der Waals surface area contributed by atoms with E-state index < -0.39 is 17.6 Å². The molecule has 158 valence electrons. The second-order valence-corrected chi connectivity index (χ2v) is 7.15. The van der Waals surface area contributed by atoms with Gasteiger partial charge in [-0.2, -0.15) is 0 Å². The van der Waals surface area contributed by atoms with E-state index in [0.29, 0.717) is 12.2 Å². The van der Waals surface area contributed by atoms with Gasteiger partial charge in [0.2, 0.25) is 11.7 Å². The zero-order valence-corrected chi connectivity index (χ0v) is 16.8. The van der Waals surface area contributed by atoms with Crippen LogP contribution in [-0.2, 0) is 22.7 Å². The Kier molecular flexibility index (Phi) is 5.88. The number of rotatable bonds is 7. The summed E-state index contributed by atoms with van der Waals surface area (Å²) in [5, 5.41) is 0. The molecule has 1 unspecified atom stereocenters. The quantitative estimate of drug-likeness (QED) is 0.546. The summed E-state index contributed by atoms with van der Waals surface area (Å²) >= 11 is 0. The van der Waals surface area contributed by atoms with Crippen LogP contribution in [0.3, 0.4) is 0 Å². The lowest BCUT2D eigenvalue weighted by molar-refractivity contribution is -0.140.